The van der Waals surface area contributed by atoms with Crippen LogP contribution in [-0.4, -0.2) is 26.0 Å². The molecule has 4 heteroatoms. The van der Waals surface area contributed by atoms with Gasteiger partial charge >= 0.3 is 0 Å². The highest BCUT2D eigenvalue weighted by atomic mass is 28.3. The molecule has 0 aromatic heterocycles. The second kappa shape index (κ2) is 4.23. The van der Waals surface area contributed by atoms with Crippen LogP contribution in [0.15, 0.2) is 12.7 Å². The largest absolute Gasteiger partial charge is 0.466 e. The molecular formula is C3H9FOSi2. The van der Waals surface area contributed by atoms with Crippen molar-refractivity contribution in [3.05, 3.63) is 12.7 Å². The van der Waals surface area contributed by atoms with Crippen LogP contribution in [0.2, 0.25) is 0 Å². The Kier molecular flexibility index (Phi) is 4.27. The van der Waals surface area contributed by atoms with Crippen LogP contribution >= 0.6 is 0 Å². The van der Waals surface area contributed by atoms with Crippen molar-refractivity contribution in [3.8, 4) is 0 Å². The maximum absolute atomic E-state index is 12.0. The number of allylic oxidation sites excluding steroid dienone is 1. The van der Waals surface area contributed by atoms with Crippen LogP contribution in [0.1, 0.15) is 0 Å². The molecule has 0 fully saturated rings. The Labute approximate surface area is 48.1 Å². The third kappa shape index (κ3) is 3.91. The molecule has 0 saturated carbocycles. The van der Waals surface area contributed by atoms with Gasteiger partial charge in [-0.05, 0) is 0 Å². The predicted molar refractivity (Wildman–Crippen MR) is 34.7 cm³/mol. The van der Waals surface area contributed by atoms with E-state index in [1.54, 1.807) is 0 Å². The molecular weight excluding hydrogens is 127 g/mol. The van der Waals surface area contributed by atoms with Crippen molar-refractivity contribution < 1.29 is 8.51 Å². The quantitative estimate of drug-likeness (QED) is 0.352. The summed E-state index contributed by atoms with van der Waals surface area (Å²) < 4.78 is 16.7. The van der Waals surface area contributed by atoms with Crippen LogP contribution in [0.4, 0.5) is 4.39 Å². The summed E-state index contributed by atoms with van der Waals surface area (Å²) in [6, 6.07) is 0. The minimum absolute atomic E-state index is 0.665. The summed E-state index contributed by atoms with van der Waals surface area (Å²) in [5.74, 6) is -0.836. The first-order valence-electron chi connectivity index (χ1n) is 2.06. The van der Waals surface area contributed by atoms with Crippen LogP contribution in [0.25, 0.3) is 0 Å². The highest BCUT2D eigenvalue weighted by Gasteiger charge is 1.96. The molecule has 0 radical (unpaired) electrons. The third-order valence-electron chi connectivity index (χ3n) is 0.582. The SMILES string of the molecule is C=CC(F)[SiH2]O[SiH3]. The molecule has 0 rings (SSSR count). The first-order valence-corrected chi connectivity index (χ1v) is 4.28. The van der Waals surface area contributed by atoms with E-state index in [0.29, 0.717) is 10.5 Å². The minimum atomic E-state index is -0.877. The summed E-state index contributed by atoms with van der Waals surface area (Å²) in [4.78, 5) is 0. The lowest BCUT2D eigenvalue weighted by atomic mass is 10.7. The van der Waals surface area contributed by atoms with E-state index < -0.39 is 15.6 Å². The van der Waals surface area contributed by atoms with Crippen molar-refractivity contribution in [3.63, 3.8) is 0 Å². The van der Waals surface area contributed by atoms with E-state index in [2.05, 4.69) is 6.58 Å². The summed E-state index contributed by atoms with van der Waals surface area (Å²) in [6.45, 7) is 3.27. The molecule has 0 bridgehead atoms. The third-order valence-corrected chi connectivity index (χ3v) is 2.57. The fraction of sp³-hybridized carbons (Fsp3) is 0.333. The molecule has 0 spiro atoms. The highest BCUT2D eigenvalue weighted by molar-refractivity contribution is 6.36. The molecule has 0 heterocycles. The Hall–Kier alpha value is 0.0638. The van der Waals surface area contributed by atoms with Crippen molar-refractivity contribution >= 4 is 20.2 Å². The van der Waals surface area contributed by atoms with Crippen molar-refractivity contribution in [2.75, 3.05) is 0 Å². The van der Waals surface area contributed by atoms with E-state index in [1.807, 2.05) is 0 Å². The lowest BCUT2D eigenvalue weighted by Crippen LogP contribution is -2.09. The summed E-state index contributed by atoms with van der Waals surface area (Å²) in [5, 5.41) is 0. The molecule has 0 aromatic carbocycles. The smallest absolute Gasteiger partial charge is 0.187 e. The average molecular weight is 136 g/mol. The molecule has 1 unspecified atom stereocenters. The number of halogens is 1. The Balaban J connectivity index is 2.98. The van der Waals surface area contributed by atoms with Crippen LogP contribution in [-0.2, 0) is 4.12 Å². The predicted octanol–water partition coefficient (Wildman–Crippen LogP) is -1.15. The van der Waals surface area contributed by atoms with Gasteiger partial charge in [0.1, 0.15) is 16.3 Å². The molecule has 0 amide bonds. The van der Waals surface area contributed by atoms with Gasteiger partial charge in [-0.25, -0.2) is 4.39 Å². The van der Waals surface area contributed by atoms with Gasteiger partial charge < -0.3 is 4.12 Å². The number of hydrogen-bond donors (Lipinski definition) is 0. The summed E-state index contributed by atoms with van der Waals surface area (Å²) in [5.41, 5.74) is 0. The van der Waals surface area contributed by atoms with Crippen molar-refractivity contribution in [2.45, 2.75) is 5.79 Å². The van der Waals surface area contributed by atoms with Gasteiger partial charge in [-0.3, -0.25) is 0 Å². The highest BCUT2D eigenvalue weighted by Crippen LogP contribution is 1.85. The van der Waals surface area contributed by atoms with E-state index >= 15 is 0 Å². The van der Waals surface area contributed by atoms with E-state index in [-0.39, 0.29) is 0 Å². The topological polar surface area (TPSA) is 9.23 Å². The van der Waals surface area contributed by atoms with Gasteiger partial charge in [0.2, 0.25) is 0 Å². The van der Waals surface area contributed by atoms with Crippen LogP contribution in [0.5, 0.6) is 0 Å². The van der Waals surface area contributed by atoms with Gasteiger partial charge in [0.05, 0.1) is 0 Å². The van der Waals surface area contributed by atoms with E-state index in [0.717, 1.165) is 0 Å². The van der Waals surface area contributed by atoms with Crippen molar-refractivity contribution in [1.29, 1.82) is 0 Å². The van der Waals surface area contributed by atoms with Crippen molar-refractivity contribution in [2.24, 2.45) is 0 Å². The summed E-state index contributed by atoms with van der Waals surface area (Å²) >= 11 is 0. The Morgan fingerprint density at radius 2 is 2.57 bits per heavy atom. The molecule has 0 aliphatic carbocycles. The van der Waals surface area contributed by atoms with E-state index in [4.69, 9.17) is 4.12 Å². The van der Waals surface area contributed by atoms with Gasteiger partial charge in [0, 0.05) is 0 Å². The van der Waals surface area contributed by atoms with E-state index in [9.17, 15) is 4.39 Å². The maximum Gasteiger partial charge on any atom is 0.187 e. The van der Waals surface area contributed by atoms with Crippen molar-refractivity contribution in [1.82, 2.24) is 0 Å². The Bertz CT molecular complexity index is 58.9. The molecule has 0 aromatic rings. The number of alkyl halides is 1. The lowest BCUT2D eigenvalue weighted by molar-refractivity contribution is 0.472. The molecule has 42 valence electrons. The van der Waals surface area contributed by atoms with Gasteiger partial charge in [0.25, 0.3) is 0 Å². The Morgan fingerprint density at radius 3 is 2.71 bits per heavy atom. The first-order chi connectivity index (χ1) is 3.31. The zero-order chi connectivity index (χ0) is 5.70. The maximum atomic E-state index is 12.0. The molecule has 0 aliphatic heterocycles. The fourth-order valence-corrected chi connectivity index (χ4v) is 1.64. The second-order valence-electron chi connectivity index (χ2n) is 1.21. The van der Waals surface area contributed by atoms with Gasteiger partial charge in [-0.1, -0.05) is 6.08 Å². The molecule has 0 aliphatic rings. The lowest BCUT2D eigenvalue weighted by Gasteiger charge is -1.95. The Morgan fingerprint density at radius 1 is 2.00 bits per heavy atom. The van der Waals surface area contributed by atoms with Gasteiger partial charge in [0.15, 0.2) is 9.76 Å². The van der Waals surface area contributed by atoms with Crippen LogP contribution in [0, 0.1) is 0 Å². The molecule has 1 atom stereocenters. The number of hydrogen-bond acceptors (Lipinski definition) is 1. The molecule has 7 heavy (non-hydrogen) atoms. The minimum Gasteiger partial charge on any atom is -0.466 e. The number of rotatable bonds is 3. The zero-order valence-corrected chi connectivity index (χ0v) is 7.77. The fourth-order valence-electron chi connectivity index (χ4n) is 0.227. The zero-order valence-electron chi connectivity index (χ0n) is 4.36. The van der Waals surface area contributed by atoms with E-state index in [1.165, 1.54) is 6.08 Å². The van der Waals surface area contributed by atoms with Crippen LogP contribution < -0.4 is 0 Å². The summed E-state index contributed by atoms with van der Waals surface area (Å²) in [6.07, 6.45) is 1.30. The monoisotopic (exact) mass is 136 g/mol. The average Bonchev–Trinajstić information content (AvgIpc) is 1.68. The van der Waals surface area contributed by atoms with Crippen LogP contribution in [0.3, 0.4) is 0 Å². The first kappa shape index (κ1) is 7.06. The molecule has 0 N–H and O–H groups in total. The standard InChI is InChI=1S/C3H9FOSi2/c1-2-3(4)7-5-6/h2-3H,1,7H2,6H3. The van der Waals surface area contributed by atoms with Gasteiger partial charge in [-0.2, -0.15) is 0 Å². The second-order valence-corrected chi connectivity index (χ2v) is 4.63. The molecule has 0 saturated heterocycles. The summed E-state index contributed by atoms with van der Waals surface area (Å²) in [7, 11) is -0.212. The normalized spacial score (nSPS) is 15.6. The van der Waals surface area contributed by atoms with Gasteiger partial charge in [-0.15, -0.1) is 6.58 Å². The molecule has 1 nitrogen and oxygen atoms in total.